The Bertz CT molecular complexity index is 1350. The number of nitrogens with zero attached hydrogens (tertiary/aromatic N) is 4. The maximum Gasteiger partial charge on any atom is 0.355 e. The predicted molar refractivity (Wildman–Crippen MR) is 124 cm³/mol. The normalized spacial score (nSPS) is 14.9. The third kappa shape index (κ3) is 3.34. The number of aromatic carboxylic acids is 1. The van der Waals surface area contributed by atoms with Crippen LogP contribution in [0, 0.1) is 6.92 Å². The minimum Gasteiger partial charge on any atom is -0.476 e. The van der Waals surface area contributed by atoms with Crippen LogP contribution in [0.5, 0.6) is 0 Å². The Morgan fingerprint density at radius 2 is 2.03 bits per heavy atom. The van der Waals surface area contributed by atoms with E-state index in [0.29, 0.717) is 32.0 Å². The summed E-state index contributed by atoms with van der Waals surface area (Å²) in [4.78, 5) is 21.1. The van der Waals surface area contributed by atoms with Gasteiger partial charge in [0.25, 0.3) is 0 Å². The van der Waals surface area contributed by atoms with Crippen molar-refractivity contribution in [1.82, 2.24) is 19.7 Å². The monoisotopic (exact) mass is 488 g/mol. The van der Waals surface area contributed by atoms with Crippen molar-refractivity contribution < 1.29 is 9.90 Å². The smallest absolute Gasteiger partial charge is 0.355 e. The number of aromatic nitrogens is 4. The summed E-state index contributed by atoms with van der Waals surface area (Å²) in [7, 11) is 0. The lowest BCUT2D eigenvalue weighted by Gasteiger charge is -2.21. The maximum absolute atomic E-state index is 12.2. The van der Waals surface area contributed by atoms with Gasteiger partial charge in [0.2, 0.25) is 5.13 Å². The number of benzene rings is 1. The van der Waals surface area contributed by atoms with Crippen LogP contribution in [0.15, 0.2) is 40.9 Å². The number of rotatable bonds is 3. The third-order valence-corrected chi connectivity index (χ3v) is 8.15. The summed E-state index contributed by atoms with van der Waals surface area (Å²) in [6, 6.07) is 7.29. The Morgan fingerprint density at radius 3 is 2.74 bits per heavy atom. The van der Waals surface area contributed by atoms with Crippen LogP contribution in [-0.2, 0) is 0 Å². The summed E-state index contributed by atoms with van der Waals surface area (Å²) in [5.41, 5.74) is 4.61. The van der Waals surface area contributed by atoms with Crippen molar-refractivity contribution in [1.29, 1.82) is 0 Å². The lowest BCUT2D eigenvalue weighted by molar-refractivity contribution is 0.0688. The Balaban J connectivity index is 1.71. The van der Waals surface area contributed by atoms with Crippen LogP contribution in [-0.4, -0.2) is 30.8 Å². The molecule has 10 heteroatoms. The van der Waals surface area contributed by atoms with Crippen molar-refractivity contribution >= 4 is 52.3 Å². The maximum atomic E-state index is 12.2. The Morgan fingerprint density at radius 1 is 1.26 bits per heavy atom. The van der Waals surface area contributed by atoms with Crippen molar-refractivity contribution in [2.45, 2.75) is 23.3 Å². The summed E-state index contributed by atoms with van der Waals surface area (Å²) in [5, 5.41) is 16.1. The van der Waals surface area contributed by atoms with Gasteiger partial charge in [-0.1, -0.05) is 40.6 Å². The molecule has 4 aromatic rings. The van der Waals surface area contributed by atoms with Crippen LogP contribution >= 0.6 is 46.3 Å². The molecule has 6 nitrogen and oxygen atoms in total. The fourth-order valence-electron chi connectivity index (χ4n) is 3.68. The number of thiazole rings is 1. The number of halogens is 2. The van der Waals surface area contributed by atoms with Gasteiger partial charge in [-0.25, -0.2) is 9.78 Å². The number of carboxylic acid groups (broad SMARTS) is 1. The van der Waals surface area contributed by atoms with E-state index in [1.165, 1.54) is 16.0 Å². The third-order valence-electron chi connectivity index (χ3n) is 5.05. The molecular formula is C21H14Cl2N4O2S2. The molecule has 0 aliphatic carbocycles. The summed E-state index contributed by atoms with van der Waals surface area (Å²) in [6.45, 7) is 3.88. The number of fused-ring (bicyclic) bond motifs is 3. The summed E-state index contributed by atoms with van der Waals surface area (Å²) < 4.78 is 2.40. The first-order valence-electron chi connectivity index (χ1n) is 9.25. The van der Waals surface area contributed by atoms with Crippen molar-refractivity contribution in [3.05, 3.63) is 63.7 Å². The summed E-state index contributed by atoms with van der Waals surface area (Å²) in [5.74, 6) is -1.08. The Kier molecular flexibility index (Phi) is 5.05. The zero-order valence-electron chi connectivity index (χ0n) is 16.3. The summed E-state index contributed by atoms with van der Waals surface area (Å²) in [6.07, 6.45) is 3.28. The second-order valence-corrected chi connectivity index (χ2v) is 10.4. The van der Waals surface area contributed by atoms with E-state index in [1.807, 2.05) is 18.2 Å². The van der Waals surface area contributed by atoms with E-state index in [2.05, 4.69) is 17.0 Å². The lowest BCUT2D eigenvalue weighted by atomic mass is 10.0. The molecule has 1 unspecified atom stereocenters. The minimum atomic E-state index is -1.08. The molecule has 0 spiro atoms. The molecule has 3 aromatic heterocycles. The molecule has 0 fully saturated rings. The van der Waals surface area contributed by atoms with E-state index in [0.717, 1.165) is 21.0 Å². The number of carbonyl (C=O) groups is 1. The quantitative estimate of drug-likeness (QED) is 0.352. The van der Waals surface area contributed by atoms with E-state index in [9.17, 15) is 9.90 Å². The van der Waals surface area contributed by atoms with E-state index in [1.54, 1.807) is 37.1 Å². The minimum absolute atomic E-state index is 0.0593. The Labute approximate surface area is 195 Å². The van der Waals surface area contributed by atoms with Crippen LogP contribution in [0.1, 0.15) is 33.9 Å². The van der Waals surface area contributed by atoms with Gasteiger partial charge in [0.05, 0.1) is 25.6 Å². The number of thioether (sulfide) groups is 1. The molecule has 0 saturated heterocycles. The van der Waals surface area contributed by atoms with E-state index >= 15 is 0 Å². The first-order chi connectivity index (χ1) is 14.8. The van der Waals surface area contributed by atoms with E-state index < -0.39 is 5.97 Å². The number of pyridine rings is 1. The molecule has 0 bridgehead atoms. The molecule has 1 aromatic carbocycles. The molecular weight excluding hydrogens is 475 g/mol. The predicted octanol–water partition coefficient (Wildman–Crippen LogP) is 6.54. The highest BCUT2D eigenvalue weighted by Crippen LogP contribution is 2.53. The second-order valence-electron chi connectivity index (χ2n) is 7.01. The molecule has 0 amide bonds. The average Bonchev–Trinajstić information content (AvgIpc) is 3.31. The molecule has 5 rings (SSSR count). The molecule has 4 heterocycles. The van der Waals surface area contributed by atoms with Gasteiger partial charge in [0, 0.05) is 34.3 Å². The standard InChI is InChI=1S/C21H14Cl2N4O2S2/c1-9-16(11-4-3-5-24-8-11)18(19(28)29)27(26-9)21-25-17-13-7-15(23)14(22)6-12(13)10(2)30-20(17)31-21/h3-8,10H,1-2H3,(H,28,29). The molecule has 1 atom stereocenters. The highest BCUT2D eigenvalue weighted by atomic mass is 35.5. The fraction of sp³-hybridized carbons (Fsp3) is 0.143. The molecule has 1 N–H and O–H groups in total. The van der Waals surface area contributed by atoms with Gasteiger partial charge in [-0.2, -0.15) is 9.78 Å². The van der Waals surface area contributed by atoms with Gasteiger partial charge in [0.1, 0.15) is 0 Å². The van der Waals surface area contributed by atoms with Gasteiger partial charge >= 0.3 is 5.97 Å². The molecule has 1 aliphatic rings. The van der Waals surface area contributed by atoms with Gasteiger partial charge in [-0.3, -0.25) is 4.98 Å². The number of hydrogen-bond donors (Lipinski definition) is 1. The second kappa shape index (κ2) is 7.63. The van der Waals surface area contributed by atoms with E-state index in [-0.39, 0.29) is 10.9 Å². The zero-order valence-corrected chi connectivity index (χ0v) is 19.4. The van der Waals surface area contributed by atoms with Gasteiger partial charge < -0.3 is 5.11 Å². The highest BCUT2D eigenvalue weighted by molar-refractivity contribution is 8.01. The van der Waals surface area contributed by atoms with Gasteiger partial charge in [-0.15, -0.1) is 11.8 Å². The number of hydrogen-bond acceptors (Lipinski definition) is 6. The lowest BCUT2D eigenvalue weighted by Crippen LogP contribution is -2.09. The first-order valence-corrected chi connectivity index (χ1v) is 11.7. The topological polar surface area (TPSA) is 80.9 Å². The zero-order chi connectivity index (χ0) is 21.9. The van der Waals surface area contributed by atoms with Crippen molar-refractivity contribution in [2.24, 2.45) is 0 Å². The van der Waals surface area contributed by atoms with Crippen LogP contribution in [0.25, 0.3) is 27.5 Å². The molecule has 0 radical (unpaired) electrons. The van der Waals surface area contributed by atoms with Crippen molar-refractivity contribution in [3.8, 4) is 27.5 Å². The van der Waals surface area contributed by atoms with Crippen LogP contribution in [0.4, 0.5) is 0 Å². The van der Waals surface area contributed by atoms with E-state index in [4.69, 9.17) is 28.2 Å². The van der Waals surface area contributed by atoms with Crippen molar-refractivity contribution in [3.63, 3.8) is 0 Å². The SMILES string of the molecule is Cc1nn(-c2nc3c(s2)SC(C)c2cc(Cl)c(Cl)cc2-3)c(C(=O)O)c1-c1cccnc1. The molecule has 1 aliphatic heterocycles. The molecule has 156 valence electrons. The average molecular weight is 489 g/mol. The van der Waals surface area contributed by atoms with Crippen molar-refractivity contribution in [2.75, 3.05) is 0 Å². The van der Waals surface area contributed by atoms with Gasteiger partial charge in [-0.05, 0) is 37.6 Å². The van der Waals surface area contributed by atoms with Crippen LogP contribution < -0.4 is 0 Å². The van der Waals surface area contributed by atoms with Crippen LogP contribution in [0.2, 0.25) is 10.0 Å². The fourth-order valence-corrected chi connectivity index (χ4v) is 6.55. The largest absolute Gasteiger partial charge is 0.476 e. The molecule has 0 saturated carbocycles. The summed E-state index contributed by atoms with van der Waals surface area (Å²) >= 11 is 15.6. The Hall–Kier alpha value is -2.39. The highest BCUT2D eigenvalue weighted by Gasteiger charge is 2.30. The number of carboxylic acids is 1. The number of aryl methyl sites for hydroxylation is 1. The van der Waals surface area contributed by atoms with Gasteiger partial charge in [0.15, 0.2) is 5.69 Å². The molecule has 31 heavy (non-hydrogen) atoms. The first kappa shape index (κ1) is 20.5. The van der Waals surface area contributed by atoms with Crippen LogP contribution in [0.3, 0.4) is 0 Å².